The first-order chi connectivity index (χ1) is 9.04. The Morgan fingerprint density at radius 3 is 2.89 bits per heavy atom. The van der Waals surface area contributed by atoms with Crippen LogP contribution >= 0.6 is 0 Å². The second kappa shape index (κ2) is 5.90. The van der Waals surface area contributed by atoms with Gasteiger partial charge in [-0.3, -0.25) is 4.90 Å². The molecule has 1 aliphatic heterocycles. The van der Waals surface area contributed by atoms with Crippen LogP contribution in [0.2, 0.25) is 0 Å². The van der Waals surface area contributed by atoms with E-state index in [1.807, 2.05) is 19.1 Å². The van der Waals surface area contributed by atoms with Gasteiger partial charge in [0.2, 0.25) is 0 Å². The third-order valence-corrected chi connectivity index (χ3v) is 3.73. The van der Waals surface area contributed by atoms with Crippen LogP contribution in [0.4, 0.5) is 0 Å². The number of aliphatic hydroxyl groups is 1. The Bertz CT molecular complexity index is 432. The van der Waals surface area contributed by atoms with Gasteiger partial charge in [0.15, 0.2) is 0 Å². The van der Waals surface area contributed by atoms with Crippen molar-refractivity contribution in [2.45, 2.75) is 38.5 Å². The second-order valence-corrected chi connectivity index (χ2v) is 5.66. The van der Waals surface area contributed by atoms with E-state index in [-0.39, 0.29) is 0 Å². The van der Waals surface area contributed by atoms with Gasteiger partial charge in [0, 0.05) is 25.2 Å². The average molecular weight is 264 g/mol. The number of hydrogen-bond donors (Lipinski definition) is 2. The molecule has 0 saturated carbocycles. The summed E-state index contributed by atoms with van der Waals surface area (Å²) in [5.41, 5.74) is 7.34. The summed E-state index contributed by atoms with van der Waals surface area (Å²) >= 11 is 0. The van der Waals surface area contributed by atoms with Gasteiger partial charge in [-0.25, -0.2) is 0 Å². The van der Waals surface area contributed by atoms with E-state index in [1.165, 1.54) is 5.56 Å². The van der Waals surface area contributed by atoms with Crippen molar-refractivity contribution in [3.8, 4) is 5.75 Å². The molecule has 1 aliphatic rings. The van der Waals surface area contributed by atoms with Gasteiger partial charge in [-0.2, -0.15) is 0 Å². The van der Waals surface area contributed by atoms with Crippen molar-refractivity contribution in [2.24, 2.45) is 5.73 Å². The maximum atomic E-state index is 10.1. The third-order valence-electron chi connectivity index (χ3n) is 3.73. The SMILES string of the molecule is COc1cc(CN2CCCC(C)(O)C2)ccc1CN. The molecule has 1 aromatic carbocycles. The van der Waals surface area contributed by atoms with Crippen LogP contribution in [-0.4, -0.2) is 35.8 Å². The molecule has 1 unspecified atom stereocenters. The monoisotopic (exact) mass is 264 g/mol. The number of ether oxygens (including phenoxy) is 1. The lowest BCUT2D eigenvalue weighted by molar-refractivity contribution is -0.0181. The molecule has 0 radical (unpaired) electrons. The summed E-state index contributed by atoms with van der Waals surface area (Å²) in [6, 6.07) is 6.16. The lowest BCUT2D eigenvalue weighted by atomic mass is 9.95. The van der Waals surface area contributed by atoms with Gasteiger partial charge in [-0.1, -0.05) is 12.1 Å². The van der Waals surface area contributed by atoms with Crippen LogP contribution in [0.5, 0.6) is 5.75 Å². The fourth-order valence-corrected chi connectivity index (χ4v) is 2.77. The highest BCUT2D eigenvalue weighted by atomic mass is 16.5. The highest BCUT2D eigenvalue weighted by Crippen LogP contribution is 2.24. The molecule has 106 valence electrons. The molecule has 0 bridgehead atoms. The van der Waals surface area contributed by atoms with E-state index >= 15 is 0 Å². The molecule has 1 heterocycles. The second-order valence-electron chi connectivity index (χ2n) is 5.66. The quantitative estimate of drug-likeness (QED) is 0.865. The molecular weight excluding hydrogens is 240 g/mol. The number of methoxy groups -OCH3 is 1. The number of nitrogens with zero attached hydrogens (tertiary/aromatic N) is 1. The van der Waals surface area contributed by atoms with E-state index in [2.05, 4.69) is 11.0 Å². The fourth-order valence-electron chi connectivity index (χ4n) is 2.77. The van der Waals surface area contributed by atoms with Crippen molar-refractivity contribution in [1.82, 2.24) is 4.90 Å². The average Bonchev–Trinajstić information content (AvgIpc) is 2.37. The van der Waals surface area contributed by atoms with Crippen molar-refractivity contribution < 1.29 is 9.84 Å². The van der Waals surface area contributed by atoms with Crippen LogP contribution in [0.15, 0.2) is 18.2 Å². The zero-order valence-corrected chi connectivity index (χ0v) is 11.9. The topological polar surface area (TPSA) is 58.7 Å². The predicted molar refractivity (Wildman–Crippen MR) is 76.0 cm³/mol. The molecule has 1 atom stereocenters. The largest absolute Gasteiger partial charge is 0.496 e. The Morgan fingerprint density at radius 2 is 2.26 bits per heavy atom. The Kier molecular flexibility index (Phi) is 4.45. The van der Waals surface area contributed by atoms with Crippen molar-refractivity contribution >= 4 is 0 Å². The van der Waals surface area contributed by atoms with Gasteiger partial charge in [-0.05, 0) is 37.9 Å². The molecule has 19 heavy (non-hydrogen) atoms. The zero-order valence-electron chi connectivity index (χ0n) is 11.9. The van der Waals surface area contributed by atoms with Crippen molar-refractivity contribution in [3.63, 3.8) is 0 Å². The first-order valence-electron chi connectivity index (χ1n) is 6.85. The van der Waals surface area contributed by atoms with E-state index in [1.54, 1.807) is 7.11 Å². The maximum absolute atomic E-state index is 10.1. The molecule has 1 fully saturated rings. The van der Waals surface area contributed by atoms with Crippen LogP contribution in [0.1, 0.15) is 30.9 Å². The van der Waals surface area contributed by atoms with Gasteiger partial charge < -0.3 is 15.6 Å². The Labute approximate surface area is 115 Å². The predicted octanol–water partition coefficient (Wildman–Crippen LogP) is 1.50. The summed E-state index contributed by atoms with van der Waals surface area (Å²) < 4.78 is 5.36. The van der Waals surface area contributed by atoms with Crippen LogP contribution in [-0.2, 0) is 13.1 Å². The maximum Gasteiger partial charge on any atom is 0.123 e. The molecule has 0 aliphatic carbocycles. The van der Waals surface area contributed by atoms with E-state index in [0.29, 0.717) is 6.54 Å². The third kappa shape index (κ3) is 3.69. The van der Waals surface area contributed by atoms with Crippen LogP contribution in [0.3, 0.4) is 0 Å². The fraction of sp³-hybridized carbons (Fsp3) is 0.600. The minimum atomic E-state index is -0.556. The van der Waals surface area contributed by atoms with E-state index in [9.17, 15) is 5.11 Å². The van der Waals surface area contributed by atoms with Crippen LogP contribution < -0.4 is 10.5 Å². The molecule has 0 aromatic heterocycles. The number of benzene rings is 1. The van der Waals surface area contributed by atoms with E-state index in [0.717, 1.165) is 43.8 Å². The molecule has 3 N–H and O–H groups in total. The number of nitrogens with two attached hydrogens (primary N) is 1. The zero-order chi connectivity index (χ0) is 13.9. The van der Waals surface area contributed by atoms with Gasteiger partial charge in [0.25, 0.3) is 0 Å². The number of β-amino-alcohol motifs (C(OH)–C–C–N with tert-alkyl or cyclic N) is 1. The molecular formula is C15H24N2O2. The highest BCUT2D eigenvalue weighted by Gasteiger charge is 2.28. The van der Waals surface area contributed by atoms with Gasteiger partial charge in [0.1, 0.15) is 5.75 Å². The summed E-state index contributed by atoms with van der Waals surface area (Å²) in [4.78, 5) is 2.29. The van der Waals surface area contributed by atoms with Crippen molar-refractivity contribution in [1.29, 1.82) is 0 Å². The lowest BCUT2D eigenvalue weighted by Gasteiger charge is -2.36. The summed E-state index contributed by atoms with van der Waals surface area (Å²) in [5.74, 6) is 0.851. The summed E-state index contributed by atoms with van der Waals surface area (Å²) in [7, 11) is 1.67. The number of hydrogen-bond acceptors (Lipinski definition) is 4. The first-order valence-corrected chi connectivity index (χ1v) is 6.85. The molecule has 0 spiro atoms. The van der Waals surface area contributed by atoms with Crippen molar-refractivity contribution in [2.75, 3.05) is 20.2 Å². The minimum absolute atomic E-state index is 0.488. The molecule has 2 rings (SSSR count). The standard InChI is InChI=1S/C15H24N2O2/c1-15(18)6-3-7-17(11-15)10-12-4-5-13(9-16)14(8-12)19-2/h4-5,8,18H,3,6-7,9-11,16H2,1-2H3. The van der Waals surface area contributed by atoms with E-state index in [4.69, 9.17) is 10.5 Å². The highest BCUT2D eigenvalue weighted by molar-refractivity contribution is 5.37. The normalized spacial score (nSPS) is 24.4. The lowest BCUT2D eigenvalue weighted by Crippen LogP contribution is -2.45. The first kappa shape index (κ1) is 14.3. The van der Waals surface area contributed by atoms with E-state index < -0.39 is 5.60 Å². The Balaban J connectivity index is 2.06. The molecule has 1 aromatic rings. The Morgan fingerprint density at radius 1 is 1.47 bits per heavy atom. The summed E-state index contributed by atoms with van der Waals surface area (Å²) in [5, 5.41) is 10.1. The van der Waals surface area contributed by atoms with Crippen LogP contribution in [0.25, 0.3) is 0 Å². The van der Waals surface area contributed by atoms with Gasteiger partial charge in [0.05, 0.1) is 12.7 Å². The van der Waals surface area contributed by atoms with Crippen molar-refractivity contribution in [3.05, 3.63) is 29.3 Å². The smallest absolute Gasteiger partial charge is 0.123 e. The summed E-state index contributed by atoms with van der Waals surface area (Å²) in [6.07, 6.45) is 1.93. The number of rotatable bonds is 4. The minimum Gasteiger partial charge on any atom is -0.496 e. The number of piperidine rings is 1. The summed E-state index contributed by atoms with van der Waals surface area (Å²) in [6.45, 7) is 5.02. The molecule has 4 nitrogen and oxygen atoms in total. The molecule has 4 heteroatoms. The molecule has 0 amide bonds. The number of likely N-dealkylation sites (tertiary alicyclic amines) is 1. The van der Waals surface area contributed by atoms with Gasteiger partial charge >= 0.3 is 0 Å². The molecule has 1 saturated heterocycles. The van der Waals surface area contributed by atoms with Crippen LogP contribution in [0, 0.1) is 0 Å². The Hall–Kier alpha value is -1.10. The van der Waals surface area contributed by atoms with Gasteiger partial charge in [-0.15, -0.1) is 0 Å².